The van der Waals surface area contributed by atoms with Crippen molar-refractivity contribution in [2.45, 2.75) is 38.4 Å². The lowest BCUT2D eigenvalue weighted by Crippen LogP contribution is -2.33. The van der Waals surface area contributed by atoms with Crippen LogP contribution in [0.2, 0.25) is 0 Å². The van der Waals surface area contributed by atoms with E-state index in [0.717, 1.165) is 18.5 Å². The van der Waals surface area contributed by atoms with Gasteiger partial charge in [0.1, 0.15) is 0 Å². The first kappa shape index (κ1) is 15.2. The van der Waals surface area contributed by atoms with E-state index in [0.29, 0.717) is 22.9 Å². The molecule has 0 spiro atoms. The minimum Gasteiger partial charge on any atom is -0.351 e. The number of hydrogen-bond donors (Lipinski definition) is 1. The van der Waals surface area contributed by atoms with Crippen LogP contribution in [-0.4, -0.2) is 27.1 Å². The van der Waals surface area contributed by atoms with Crippen molar-refractivity contribution in [3.8, 4) is 0 Å². The van der Waals surface area contributed by atoms with E-state index in [2.05, 4.69) is 40.2 Å². The molecule has 102 valence electrons. The molecule has 0 fully saturated rings. The van der Waals surface area contributed by atoms with Crippen LogP contribution in [0.5, 0.6) is 0 Å². The van der Waals surface area contributed by atoms with Gasteiger partial charge in [-0.1, -0.05) is 42.6 Å². The molecule has 0 aliphatic heterocycles. The Labute approximate surface area is 117 Å². The molecule has 1 atom stereocenters. The van der Waals surface area contributed by atoms with Crippen LogP contribution in [0, 0.1) is 12.8 Å². The van der Waals surface area contributed by atoms with E-state index in [1.54, 1.807) is 10.9 Å². The van der Waals surface area contributed by atoms with Crippen molar-refractivity contribution in [2.75, 3.05) is 6.54 Å². The minimum absolute atomic E-state index is 0.0454. The second kappa shape index (κ2) is 6.92. The molecule has 18 heavy (non-hydrogen) atoms. The second-order valence-electron chi connectivity index (χ2n) is 4.60. The lowest BCUT2D eigenvalue weighted by Gasteiger charge is -2.19. The van der Waals surface area contributed by atoms with Crippen LogP contribution >= 0.6 is 15.9 Å². The van der Waals surface area contributed by atoms with Gasteiger partial charge in [0.2, 0.25) is 0 Å². The Balaban J connectivity index is 2.53. The fraction of sp³-hybridized carbons (Fsp3) is 0.692. The highest BCUT2D eigenvalue weighted by Crippen LogP contribution is 2.19. The lowest BCUT2D eigenvalue weighted by atomic mass is 9.99. The van der Waals surface area contributed by atoms with Gasteiger partial charge in [-0.25, -0.2) is 0 Å². The molecule has 1 amide bonds. The molecule has 0 aliphatic rings. The summed E-state index contributed by atoms with van der Waals surface area (Å²) in [4.78, 5) is 12.3. The molecule has 0 saturated carbocycles. The zero-order chi connectivity index (χ0) is 13.7. The van der Waals surface area contributed by atoms with Crippen LogP contribution in [-0.2, 0) is 7.05 Å². The molecule has 4 nitrogen and oxygen atoms in total. The monoisotopic (exact) mass is 315 g/mol. The van der Waals surface area contributed by atoms with E-state index in [9.17, 15) is 4.79 Å². The molecule has 1 N–H and O–H groups in total. The number of hydrogen-bond acceptors (Lipinski definition) is 2. The molecule has 1 rings (SSSR count). The molecule has 1 unspecified atom stereocenters. The van der Waals surface area contributed by atoms with Gasteiger partial charge >= 0.3 is 0 Å². The average Bonchev–Trinajstić information content (AvgIpc) is 2.67. The normalized spacial score (nSPS) is 12.8. The Hall–Kier alpha value is -0.840. The number of carbonyl (C=O) groups excluding carboxylic acids is 1. The molecule has 0 aliphatic carbocycles. The number of nitrogens with zero attached hydrogens (tertiary/aromatic N) is 2. The van der Waals surface area contributed by atoms with Crippen molar-refractivity contribution in [1.82, 2.24) is 15.1 Å². The summed E-state index contributed by atoms with van der Waals surface area (Å²) in [6.07, 6.45) is 3.99. The number of nitrogens with one attached hydrogen (secondary N) is 1. The van der Waals surface area contributed by atoms with Crippen molar-refractivity contribution in [3.63, 3.8) is 0 Å². The Morgan fingerprint density at radius 2 is 2.11 bits per heavy atom. The molecular weight excluding hydrogens is 294 g/mol. The second-order valence-corrected chi connectivity index (χ2v) is 5.78. The summed E-state index contributed by atoms with van der Waals surface area (Å²) >= 11 is 3.65. The predicted molar refractivity (Wildman–Crippen MR) is 77.1 cm³/mol. The average molecular weight is 316 g/mol. The van der Waals surface area contributed by atoms with Gasteiger partial charge in [-0.05, 0) is 12.8 Å². The first-order valence-corrected chi connectivity index (χ1v) is 7.33. The van der Waals surface area contributed by atoms with E-state index < -0.39 is 0 Å². The van der Waals surface area contributed by atoms with Gasteiger partial charge in [0.15, 0.2) is 0 Å². The summed E-state index contributed by atoms with van der Waals surface area (Å²) < 4.78 is 1.66. The molecule has 0 aromatic carbocycles. The number of aryl methyl sites for hydroxylation is 2. The van der Waals surface area contributed by atoms with Crippen molar-refractivity contribution >= 4 is 21.8 Å². The van der Waals surface area contributed by atoms with E-state index in [4.69, 9.17) is 0 Å². The van der Waals surface area contributed by atoms with Crippen LogP contribution in [0.3, 0.4) is 0 Å². The molecular formula is C13H22BrN3O. The van der Waals surface area contributed by atoms with Crippen molar-refractivity contribution in [1.29, 1.82) is 0 Å². The van der Waals surface area contributed by atoms with Gasteiger partial charge in [-0.15, -0.1) is 0 Å². The third-order valence-electron chi connectivity index (χ3n) is 3.28. The highest BCUT2D eigenvalue weighted by atomic mass is 79.9. The van der Waals surface area contributed by atoms with Crippen molar-refractivity contribution in [2.24, 2.45) is 13.0 Å². The SMILES string of the molecule is CCC(CC)C(Br)CNC(=O)c1cn(C)nc1C. The summed E-state index contributed by atoms with van der Waals surface area (Å²) in [6, 6.07) is 0. The Bertz CT molecular complexity index is 399. The summed E-state index contributed by atoms with van der Waals surface area (Å²) in [6.45, 7) is 6.85. The fourth-order valence-corrected chi connectivity index (χ4v) is 2.98. The maximum absolute atomic E-state index is 12.0. The summed E-state index contributed by atoms with van der Waals surface area (Å²) in [5.74, 6) is 0.552. The van der Waals surface area contributed by atoms with Crippen LogP contribution < -0.4 is 5.32 Å². The van der Waals surface area contributed by atoms with Crippen molar-refractivity contribution in [3.05, 3.63) is 17.5 Å². The predicted octanol–water partition coefficient (Wildman–Crippen LogP) is 2.66. The minimum atomic E-state index is -0.0454. The Morgan fingerprint density at radius 1 is 1.50 bits per heavy atom. The van der Waals surface area contributed by atoms with Crippen molar-refractivity contribution < 1.29 is 4.79 Å². The van der Waals surface area contributed by atoms with Gasteiger partial charge in [-0.3, -0.25) is 9.48 Å². The van der Waals surface area contributed by atoms with Crippen LogP contribution in [0.4, 0.5) is 0 Å². The molecule has 0 radical (unpaired) electrons. The molecule has 5 heteroatoms. The first-order chi connectivity index (χ1) is 8.49. The lowest BCUT2D eigenvalue weighted by molar-refractivity contribution is 0.0951. The van der Waals surface area contributed by atoms with E-state index in [-0.39, 0.29) is 5.91 Å². The summed E-state index contributed by atoms with van der Waals surface area (Å²) in [5, 5.41) is 7.13. The van der Waals surface area contributed by atoms with Crippen LogP contribution in [0.15, 0.2) is 6.20 Å². The standard InChI is InChI=1S/C13H22BrN3O/c1-5-10(6-2)12(14)7-15-13(18)11-8-17(4)16-9(11)3/h8,10,12H,5-7H2,1-4H3,(H,15,18). The maximum Gasteiger partial charge on any atom is 0.254 e. The van der Waals surface area contributed by atoms with E-state index >= 15 is 0 Å². The zero-order valence-corrected chi connectivity index (χ0v) is 13.1. The third-order valence-corrected chi connectivity index (χ3v) is 4.35. The number of carbonyl (C=O) groups is 1. The quantitative estimate of drug-likeness (QED) is 0.820. The van der Waals surface area contributed by atoms with Gasteiger partial charge < -0.3 is 5.32 Å². The first-order valence-electron chi connectivity index (χ1n) is 6.42. The number of halogens is 1. The largest absolute Gasteiger partial charge is 0.351 e. The zero-order valence-electron chi connectivity index (χ0n) is 11.5. The van der Waals surface area contributed by atoms with Gasteiger partial charge in [-0.2, -0.15) is 5.10 Å². The topological polar surface area (TPSA) is 46.9 Å². The molecule has 1 aromatic rings. The van der Waals surface area contributed by atoms with E-state index in [1.807, 2.05) is 14.0 Å². The summed E-state index contributed by atoms with van der Waals surface area (Å²) in [5.41, 5.74) is 1.42. The van der Waals surface area contributed by atoms with Crippen LogP contribution in [0.25, 0.3) is 0 Å². The van der Waals surface area contributed by atoms with Gasteiger partial charge in [0, 0.05) is 24.6 Å². The number of alkyl halides is 1. The van der Waals surface area contributed by atoms with Crippen LogP contribution in [0.1, 0.15) is 42.7 Å². The molecule has 0 saturated heterocycles. The number of aromatic nitrogens is 2. The third kappa shape index (κ3) is 3.83. The van der Waals surface area contributed by atoms with Gasteiger partial charge in [0.25, 0.3) is 5.91 Å². The number of amides is 1. The highest BCUT2D eigenvalue weighted by molar-refractivity contribution is 9.09. The molecule has 1 heterocycles. The molecule has 0 bridgehead atoms. The smallest absolute Gasteiger partial charge is 0.254 e. The highest BCUT2D eigenvalue weighted by Gasteiger charge is 2.18. The maximum atomic E-state index is 12.0. The van der Waals surface area contributed by atoms with Gasteiger partial charge in [0.05, 0.1) is 11.3 Å². The Kier molecular flexibility index (Phi) is 5.85. The molecule has 1 aromatic heterocycles. The van der Waals surface area contributed by atoms with E-state index in [1.165, 1.54) is 0 Å². The Morgan fingerprint density at radius 3 is 2.56 bits per heavy atom. The fourth-order valence-electron chi connectivity index (χ4n) is 2.07. The number of rotatable bonds is 6. The summed E-state index contributed by atoms with van der Waals surface area (Å²) in [7, 11) is 1.82.